The third kappa shape index (κ3) is 2.51. The molecule has 2 heterocycles. The minimum atomic E-state index is -1.01. The van der Waals surface area contributed by atoms with Crippen molar-refractivity contribution >= 4 is 27.8 Å². The van der Waals surface area contributed by atoms with Gasteiger partial charge in [-0.2, -0.15) is 0 Å². The third-order valence-corrected chi connectivity index (χ3v) is 3.39. The van der Waals surface area contributed by atoms with Crippen LogP contribution in [0.25, 0.3) is 0 Å². The molecule has 1 aliphatic rings. The maximum absolute atomic E-state index is 12.3. The summed E-state index contributed by atoms with van der Waals surface area (Å²) in [5.41, 5.74) is 0.241. The van der Waals surface area contributed by atoms with Gasteiger partial charge in [0, 0.05) is 30.3 Å². The number of aromatic nitrogens is 1. The monoisotopic (exact) mass is 313 g/mol. The molecule has 1 aromatic rings. The number of nitrogens with zero attached hydrogens (tertiary/aromatic N) is 2. The number of carboxylic acids is 1. The highest BCUT2D eigenvalue weighted by Crippen LogP contribution is 2.17. The predicted molar refractivity (Wildman–Crippen MR) is 67.3 cm³/mol. The Balaban J connectivity index is 2.27. The summed E-state index contributed by atoms with van der Waals surface area (Å²) in [6, 6.07) is 2.56. The van der Waals surface area contributed by atoms with E-state index in [1.54, 1.807) is 12.1 Å². The van der Waals surface area contributed by atoms with Crippen LogP contribution in [0.5, 0.6) is 0 Å². The number of hydrogen-bond donors (Lipinski definition) is 2. The standard InChI is InChI=1S/C11H12BrN3O3/c12-7-2-1-3-14-9(7)10(16)15-5-4-13-6-8(15)11(17)18/h1-3,8,13H,4-6H2,(H,17,18). The number of piperazine rings is 1. The Hall–Kier alpha value is -1.47. The van der Waals surface area contributed by atoms with Gasteiger partial charge in [-0.15, -0.1) is 0 Å². The third-order valence-electron chi connectivity index (χ3n) is 2.75. The van der Waals surface area contributed by atoms with Crippen LogP contribution in [0.3, 0.4) is 0 Å². The van der Waals surface area contributed by atoms with Crippen molar-refractivity contribution in [2.45, 2.75) is 6.04 Å². The molecule has 1 aromatic heterocycles. The quantitative estimate of drug-likeness (QED) is 0.823. The van der Waals surface area contributed by atoms with Crippen molar-refractivity contribution < 1.29 is 14.7 Å². The number of carbonyl (C=O) groups excluding carboxylic acids is 1. The Morgan fingerprint density at radius 1 is 1.56 bits per heavy atom. The summed E-state index contributed by atoms with van der Waals surface area (Å²) < 4.78 is 0.567. The maximum Gasteiger partial charge on any atom is 0.327 e. The average Bonchev–Trinajstić information content (AvgIpc) is 2.38. The normalized spacial score (nSPS) is 19.6. The van der Waals surface area contributed by atoms with E-state index in [9.17, 15) is 9.59 Å². The first kappa shape index (κ1) is 13.0. The van der Waals surface area contributed by atoms with Crippen LogP contribution in [0.4, 0.5) is 0 Å². The van der Waals surface area contributed by atoms with Gasteiger partial charge in [-0.25, -0.2) is 9.78 Å². The summed E-state index contributed by atoms with van der Waals surface area (Å²) in [5.74, 6) is -1.38. The van der Waals surface area contributed by atoms with Gasteiger partial charge >= 0.3 is 5.97 Å². The van der Waals surface area contributed by atoms with Crippen LogP contribution >= 0.6 is 15.9 Å². The Labute approximate surface area is 112 Å². The highest BCUT2D eigenvalue weighted by molar-refractivity contribution is 9.10. The van der Waals surface area contributed by atoms with E-state index in [1.807, 2.05) is 0 Å². The number of hydrogen-bond acceptors (Lipinski definition) is 4. The summed E-state index contributed by atoms with van der Waals surface area (Å²) in [6.45, 7) is 1.20. The van der Waals surface area contributed by atoms with Gasteiger partial charge in [0.2, 0.25) is 0 Å². The first-order valence-corrected chi connectivity index (χ1v) is 6.25. The van der Waals surface area contributed by atoms with Gasteiger partial charge in [0.15, 0.2) is 0 Å². The van der Waals surface area contributed by atoms with E-state index in [4.69, 9.17) is 5.11 Å². The molecule has 0 aliphatic carbocycles. The van der Waals surface area contributed by atoms with Crippen molar-refractivity contribution in [3.63, 3.8) is 0 Å². The molecule has 1 fully saturated rings. The number of aliphatic carboxylic acids is 1. The molecule has 1 aliphatic heterocycles. The van der Waals surface area contributed by atoms with Crippen molar-refractivity contribution in [2.24, 2.45) is 0 Å². The van der Waals surface area contributed by atoms with E-state index in [0.29, 0.717) is 17.6 Å². The van der Waals surface area contributed by atoms with E-state index in [2.05, 4.69) is 26.2 Å². The smallest absolute Gasteiger partial charge is 0.327 e. The molecule has 6 nitrogen and oxygen atoms in total. The molecule has 1 saturated heterocycles. The molecular weight excluding hydrogens is 302 g/mol. The SMILES string of the molecule is O=C(O)C1CNCCN1C(=O)c1ncccc1Br. The number of pyridine rings is 1. The molecule has 0 aromatic carbocycles. The highest BCUT2D eigenvalue weighted by atomic mass is 79.9. The number of carbonyl (C=O) groups is 2. The van der Waals surface area contributed by atoms with Crippen molar-refractivity contribution in [3.8, 4) is 0 Å². The number of amides is 1. The Morgan fingerprint density at radius 3 is 3.00 bits per heavy atom. The fourth-order valence-corrected chi connectivity index (χ4v) is 2.27. The first-order valence-electron chi connectivity index (χ1n) is 5.46. The molecule has 2 N–H and O–H groups in total. The molecule has 96 valence electrons. The van der Waals surface area contributed by atoms with Gasteiger partial charge in [0.25, 0.3) is 5.91 Å². The van der Waals surface area contributed by atoms with E-state index in [-0.39, 0.29) is 18.1 Å². The second-order valence-corrected chi connectivity index (χ2v) is 4.74. The van der Waals surface area contributed by atoms with Crippen LogP contribution in [0, 0.1) is 0 Å². The van der Waals surface area contributed by atoms with Crippen molar-refractivity contribution in [1.82, 2.24) is 15.2 Å². The van der Waals surface area contributed by atoms with E-state index >= 15 is 0 Å². The van der Waals surface area contributed by atoms with E-state index in [1.165, 1.54) is 11.1 Å². The number of halogens is 1. The molecule has 1 atom stereocenters. The van der Waals surface area contributed by atoms with Crippen molar-refractivity contribution in [3.05, 3.63) is 28.5 Å². The molecular formula is C11H12BrN3O3. The van der Waals surface area contributed by atoms with Crippen molar-refractivity contribution in [2.75, 3.05) is 19.6 Å². The second kappa shape index (κ2) is 5.45. The second-order valence-electron chi connectivity index (χ2n) is 3.89. The van der Waals surface area contributed by atoms with Crippen LogP contribution in [0.1, 0.15) is 10.5 Å². The maximum atomic E-state index is 12.3. The Bertz CT molecular complexity index is 480. The fourth-order valence-electron chi connectivity index (χ4n) is 1.85. The average molecular weight is 314 g/mol. The van der Waals surface area contributed by atoms with Gasteiger partial charge in [0.1, 0.15) is 11.7 Å². The summed E-state index contributed by atoms with van der Waals surface area (Å²) in [7, 11) is 0. The van der Waals surface area contributed by atoms with Gasteiger partial charge in [-0.05, 0) is 28.1 Å². The molecule has 18 heavy (non-hydrogen) atoms. The van der Waals surface area contributed by atoms with E-state index < -0.39 is 12.0 Å². The summed E-state index contributed by atoms with van der Waals surface area (Å²) >= 11 is 3.25. The zero-order valence-electron chi connectivity index (χ0n) is 9.47. The van der Waals surface area contributed by atoms with Crippen LogP contribution < -0.4 is 5.32 Å². The fraction of sp³-hybridized carbons (Fsp3) is 0.364. The largest absolute Gasteiger partial charge is 0.480 e. The molecule has 0 spiro atoms. The molecule has 7 heteroatoms. The van der Waals surface area contributed by atoms with Gasteiger partial charge in [-0.1, -0.05) is 0 Å². The minimum absolute atomic E-state index is 0.241. The van der Waals surface area contributed by atoms with E-state index in [0.717, 1.165) is 0 Å². The number of rotatable bonds is 2. The van der Waals surface area contributed by atoms with Crippen LogP contribution in [-0.4, -0.2) is 52.5 Å². The lowest BCUT2D eigenvalue weighted by Crippen LogP contribution is -2.57. The Kier molecular flexibility index (Phi) is 3.93. The molecule has 0 saturated carbocycles. The zero-order valence-corrected chi connectivity index (χ0v) is 11.1. The van der Waals surface area contributed by atoms with Gasteiger partial charge < -0.3 is 15.3 Å². The lowest BCUT2D eigenvalue weighted by Gasteiger charge is -2.33. The molecule has 2 rings (SSSR count). The minimum Gasteiger partial charge on any atom is -0.480 e. The molecule has 0 bridgehead atoms. The lowest BCUT2D eigenvalue weighted by atomic mass is 10.1. The van der Waals surface area contributed by atoms with Gasteiger partial charge in [-0.3, -0.25) is 4.79 Å². The zero-order chi connectivity index (χ0) is 13.1. The first-order chi connectivity index (χ1) is 8.61. The summed E-state index contributed by atoms with van der Waals surface area (Å²) in [5, 5.41) is 12.1. The predicted octanol–water partition coefficient (Wildman–Crippen LogP) is 0.343. The van der Waals surface area contributed by atoms with Crippen molar-refractivity contribution in [1.29, 1.82) is 0 Å². The topological polar surface area (TPSA) is 82.5 Å². The molecule has 1 unspecified atom stereocenters. The van der Waals surface area contributed by atoms with Crippen LogP contribution in [-0.2, 0) is 4.79 Å². The lowest BCUT2D eigenvalue weighted by molar-refractivity contribution is -0.142. The number of nitrogens with one attached hydrogen (secondary N) is 1. The number of carboxylic acid groups (broad SMARTS) is 1. The van der Waals surface area contributed by atoms with Crippen LogP contribution in [0.2, 0.25) is 0 Å². The summed E-state index contributed by atoms with van der Waals surface area (Å²) in [4.78, 5) is 28.7. The molecule has 1 amide bonds. The Morgan fingerprint density at radius 2 is 2.33 bits per heavy atom. The van der Waals surface area contributed by atoms with Crippen LogP contribution in [0.15, 0.2) is 22.8 Å². The summed E-state index contributed by atoms with van der Waals surface area (Å²) in [6.07, 6.45) is 1.51. The highest BCUT2D eigenvalue weighted by Gasteiger charge is 2.33. The van der Waals surface area contributed by atoms with Gasteiger partial charge in [0.05, 0.1) is 0 Å². The molecule has 0 radical (unpaired) electrons.